The predicted octanol–water partition coefficient (Wildman–Crippen LogP) is 3.43. The number of benzene rings is 1. The molecule has 112 valence electrons. The standard InChI is InChI=1S/C16H19ClN2O2/c1-3-21-16-13(7-14(17)8-15(16)20-2)11-19-10-12-5-4-6-18-9-12/h4-9,19H,3,10-11H2,1-2H3. The fourth-order valence-corrected chi connectivity index (χ4v) is 2.29. The lowest BCUT2D eigenvalue weighted by molar-refractivity contribution is 0.307. The van der Waals surface area contributed by atoms with E-state index in [1.807, 2.05) is 31.3 Å². The van der Waals surface area contributed by atoms with Gasteiger partial charge in [0.2, 0.25) is 0 Å². The van der Waals surface area contributed by atoms with Crippen LogP contribution < -0.4 is 14.8 Å². The second kappa shape index (κ2) is 7.86. The number of hydrogen-bond donors (Lipinski definition) is 1. The van der Waals surface area contributed by atoms with Crippen LogP contribution in [-0.4, -0.2) is 18.7 Å². The van der Waals surface area contributed by atoms with Crippen LogP contribution in [0.5, 0.6) is 11.5 Å². The zero-order chi connectivity index (χ0) is 15.1. The van der Waals surface area contributed by atoms with Crippen molar-refractivity contribution in [2.24, 2.45) is 0 Å². The molecule has 0 spiro atoms. The molecule has 21 heavy (non-hydrogen) atoms. The van der Waals surface area contributed by atoms with Gasteiger partial charge in [0.25, 0.3) is 0 Å². The molecule has 0 fully saturated rings. The monoisotopic (exact) mass is 306 g/mol. The summed E-state index contributed by atoms with van der Waals surface area (Å²) in [5.41, 5.74) is 2.11. The molecule has 0 amide bonds. The Balaban J connectivity index is 2.09. The van der Waals surface area contributed by atoms with Crippen LogP contribution in [0, 0.1) is 0 Å². The van der Waals surface area contributed by atoms with Gasteiger partial charge in [0, 0.05) is 42.1 Å². The Kier molecular flexibility index (Phi) is 5.84. The molecule has 0 unspecified atom stereocenters. The van der Waals surface area contributed by atoms with E-state index in [0.717, 1.165) is 23.4 Å². The van der Waals surface area contributed by atoms with E-state index < -0.39 is 0 Å². The van der Waals surface area contributed by atoms with Crippen molar-refractivity contribution in [2.45, 2.75) is 20.0 Å². The van der Waals surface area contributed by atoms with Gasteiger partial charge in [-0.25, -0.2) is 0 Å². The molecule has 0 aliphatic carbocycles. The Labute approximate surface area is 130 Å². The van der Waals surface area contributed by atoms with Crippen molar-refractivity contribution in [3.8, 4) is 11.5 Å². The van der Waals surface area contributed by atoms with Crippen molar-refractivity contribution in [2.75, 3.05) is 13.7 Å². The normalized spacial score (nSPS) is 10.4. The number of hydrogen-bond acceptors (Lipinski definition) is 4. The minimum atomic E-state index is 0.577. The predicted molar refractivity (Wildman–Crippen MR) is 84.0 cm³/mol. The van der Waals surface area contributed by atoms with Gasteiger partial charge in [0.05, 0.1) is 13.7 Å². The van der Waals surface area contributed by atoms with Crippen molar-refractivity contribution in [3.05, 3.63) is 52.8 Å². The van der Waals surface area contributed by atoms with E-state index in [1.165, 1.54) is 0 Å². The summed E-state index contributed by atoms with van der Waals surface area (Å²) >= 11 is 6.12. The molecule has 0 radical (unpaired) electrons. The summed E-state index contributed by atoms with van der Waals surface area (Å²) in [6.45, 7) is 3.89. The Bertz CT molecular complexity index is 576. The molecule has 0 aliphatic rings. The quantitative estimate of drug-likeness (QED) is 0.851. The second-order valence-corrected chi connectivity index (χ2v) is 4.93. The van der Waals surface area contributed by atoms with Crippen molar-refractivity contribution in [1.82, 2.24) is 10.3 Å². The van der Waals surface area contributed by atoms with Gasteiger partial charge in [-0.3, -0.25) is 4.98 Å². The van der Waals surface area contributed by atoms with Gasteiger partial charge >= 0.3 is 0 Å². The molecule has 1 N–H and O–H groups in total. The molecule has 0 atom stereocenters. The molecular weight excluding hydrogens is 288 g/mol. The third-order valence-corrected chi connectivity index (χ3v) is 3.19. The van der Waals surface area contributed by atoms with E-state index in [4.69, 9.17) is 21.1 Å². The largest absolute Gasteiger partial charge is 0.493 e. The third kappa shape index (κ3) is 4.34. The van der Waals surface area contributed by atoms with Crippen LogP contribution in [0.25, 0.3) is 0 Å². The SMILES string of the molecule is CCOc1c(CNCc2cccnc2)cc(Cl)cc1OC. The first-order valence-electron chi connectivity index (χ1n) is 6.83. The first kappa shape index (κ1) is 15.6. The van der Waals surface area contributed by atoms with Crippen molar-refractivity contribution in [1.29, 1.82) is 0 Å². The van der Waals surface area contributed by atoms with Gasteiger partial charge in [0.15, 0.2) is 11.5 Å². The van der Waals surface area contributed by atoms with Gasteiger partial charge in [-0.1, -0.05) is 17.7 Å². The topological polar surface area (TPSA) is 43.4 Å². The van der Waals surface area contributed by atoms with E-state index in [2.05, 4.69) is 10.3 Å². The first-order chi connectivity index (χ1) is 10.2. The van der Waals surface area contributed by atoms with Crippen LogP contribution >= 0.6 is 11.6 Å². The summed E-state index contributed by atoms with van der Waals surface area (Å²) in [5, 5.41) is 3.99. The summed E-state index contributed by atoms with van der Waals surface area (Å²) in [4.78, 5) is 4.09. The fraction of sp³-hybridized carbons (Fsp3) is 0.312. The molecular formula is C16H19ClN2O2. The van der Waals surface area contributed by atoms with E-state index in [1.54, 1.807) is 19.4 Å². The summed E-state index contributed by atoms with van der Waals surface area (Å²) < 4.78 is 11.0. The van der Waals surface area contributed by atoms with Crippen LogP contribution in [0.4, 0.5) is 0 Å². The molecule has 0 aliphatic heterocycles. The lowest BCUT2D eigenvalue weighted by Crippen LogP contribution is -2.14. The van der Waals surface area contributed by atoms with Gasteiger partial charge in [-0.2, -0.15) is 0 Å². The van der Waals surface area contributed by atoms with Crippen LogP contribution in [0.1, 0.15) is 18.1 Å². The van der Waals surface area contributed by atoms with Gasteiger partial charge < -0.3 is 14.8 Å². The van der Waals surface area contributed by atoms with Gasteiger partial charge in [-0.05, 0) is 24.6 Å². The number of methoxy groups -OCH3 is 1. The Morgan fingerprint density at radius 2 is 2.14 bits per heavy atom. The van der Waals surface area contributed by atoms with Crippen LogP contribution in [0.15, 0.2) is 36.7 Å². The highest BCUT2D eigenvalue weighted by Gasteiger charge is 2.12. The molecule has 0 saturated carbocycles. The highest BCUT2D eigenvalue weighted by molar-refractivity contribution is 6.30. The number of nitrogens with zero attached hydrogens (tertiary/aromatic N) is 1. The maximum atomic E-state index is 6.12. The minimum absolute atomic E-state index is 0.577. The number of nitrogens with one attached hydrogen (secondary N) is 1. The summed E-state index contributed by atoms with van der Waals surface area (Å²) in [6, 6.07) is 7.61. The lowest BCUT2D eigenvalue weighted by atomic mass is 10.1. The minimum Gasteiger partial charge on any atom is -0.493 e. The average Bonchev–Trinajstić information content (AvgIpc) is 2.50. The highest BCUT2D eigenvalue weighted by atomic mass is 35.5. The highest BCUT2D eigenvalue weighted by Crippen LogP contribution is 2.34. The maximum absolute atomic E-state index is 6.12. The summed E-state index contributed by atoms with van der Waals surface area (Å²) in [6.07, 6.45) is 3.60. The maximum Gasteiger partial charge on any atom is 0.165 e. The summed E-state index contributed by atoms with van der Waals surface area (Å²) in [5.74, 6) is 1.39. The van der Waals surface area contributed by atoms with E-state index in [0.29, 0.717) is 23.9 Å². The summed E-state index contributed by atoms with van der Waals surface area (Å²) in [7, 11) is 1.61. The molecule has 1 heterocycles. The van der Waals surface area contributed by atoms with Crippen molar-refractivity contribution in [3.63, 3.8) is 0 Å². The van der Waals surface area contributed by atoms with Crippen molar-refractivity contribution < 1.29 is 9.47 Å². The number of rotatable bonds is 7. The van der Waals surface area contributed by atoms with E-state index in [9.17, 15) is 0 Å². The van der Waals surface area contributed by atoms with Crippen molar-refractivity contribution >= 4 is 11.6 Å². The molecule has 0 bridgehead atoms. The molecule has 1 aromatic carbocycles. The van der Waals surface area contributed by atoms with E-state index >= 15 is 0 Å². The number of pyridine rings is 1. The zero-order valence-corrected chi connectivity index (χ0v) is 13.0. The molecule has 2 rings (SSSR count). The smallest absolute Gasteiger partial charge is 0.165 e. The molecule has 0 saturated heterocycles. The van der Waals surface area contributed by atoms with Crippen LogP contribution in [0.2, 0.25) is 5.02 Å². The third-order valence-electron chi connectivity index (χ3n) is 2.97. The fourth-order valence-electron chi connectivity index (χ4n) is 2.06. The van der Waals surface area contributed by atoms with Gasteiger partial charge in [-0.15, -0.1) is 0 Å². The van der Waals surface area contributed by atoms with Gasteiger partial charge in [0.1, 0.15) is 0 Å². The number of halogens is 1. The zero-order valence-electron chi connectivity index (χ0n) is 12.2. The lowest BCUT2D eigenvalue weighted by Gasteiger charge is -2.15. The first-order valence-corrected chi connectivity index (χ1v) is 7.21. The second-order valence-electron chi connectivity index (χ2n) is 4.49. The molecule has 5 heteroatoms. The molecule has 1 aromatic heterocycles. The number of aromatic nitrogens is 1. The Hall–Kier alpha value is -1.78. The Morgan fingerprint density at radius 1 is 1.29 bits per heavy atom. The van der Waals surface area contributed by atoms with Crippen LogP contribution in [0.3, 0.4) is 0 Å². The molecule has 2 aromatic rings. The average molecular weight is 307 g/mol. The molecule has 4 nitrogen and oxygen atoms in total. The van der Waals surface area contributed by atoms with Crippen LogP contribution in [-0.2, 0) is 13.1 Å². The van der Waals surface area contributed by atoms with E-state index in [-0.39, 0.29) is 0 Å². The Morgan fingerprint density at radius 3 is 2.81 bits per heavy atom. The number of ether oxygens (including phenoxy) is 2.